The molecule has 0 saturated heterocycles. The number of nitrogens with one attached hydrogen (secondary N) is 2. The normalized spacial score (nSPS) is 10.7. The largest absolute Gasteiger partial charge is 0.370 e. The second-order valence-corrected chi connectivity index (χ2v) is 5.87. The van der Waals surface area contributed by atoms with E-state index in [4.69, 9.17) is 0 Å². The molecule has 0 radical (unpaired) electrons. The number of nitrogens with zero attached hydrogens (tertiary/aromatic N) is 2. The quantitative estimate of drug-likeness (QED) is 0.731. The summed E-state index contributed by atoms with van der Waals surface area (Å²) in [6, 6.07) is 9.55. The fourth-order valence-electron chi connectivity index (χ4n) is 2.18. The van der Waals surface area contributed by atoms with Crippen LogP contribution in [0, 0.1) is 5.82 Å². The Balaban J connectivity index is 1.78. The van der Waals surface area contributed by atoms with Gasteiger partial charge in [0.1, 0.15) is 11.6 Å². The molecule has 0 unspecified atom stereocenters. The molecule has 0 aliphatic carbocycles. The van der Waals surface area contributed by atoms with Crippen molar-refractivity contribution >= 4 is 17.4 Å². The van der Waals surface area contributed by atoms with Gasteiger partial charge >= 0.3 is 0 Å². The summed E-state index contributed by atoms with van der Waals surface area (Å²) in [6.07, 6.45) is 2.85. The maximum Gasteiger partial charge on any atom is 0.228 e. The Morgan fingerprint density at radius 1 is 1.17 bits per heavy atom. The van der Waals surface area contributed by atoms with E-state index >= 15 is 0 Å². The lowest BCUT2D eigenvalue weighted by atomic mass is 10.1. The molecule has 1 heterocycles. The van der Waals surface area contributed by atoms with Crippen LogP contribution in [-0.2, 0) is 11.2 Å². The highest BCUT2D eigenvalue weighted by molar-refractivity contribution is 5.92. The van der Waals surface area contributed by atoms with Gasteiger partial charge in [0, 0.05) is 6.54 Å². The molecule has 128 valence electrons. The maximum atomic E-state index is 12.8. The first kappa shape index (κ1) is 17.9. The predicted molar refractivity (Wildman–Crippen MR) is 94.6 cm³/mol. The summed E-state index contributed by atoms with van der Waals surface area (Å²) in [5, 5.41) is 6.02. The van der Waals surface area contributed by atoms with Crippen molar-refractivity contribution in [2.45, 2.75) is 12.8 Å². The minimum Gasteiger partial charge on any atom is -0.370 e. The molecule has 0 fully saturated rings. The van der Waals surface area contributed by atoms with Crippen LogP contribution in [0.5, 0.6) is 0 Å². The summed E-state index contributed by atoms with van der Waals surface area (Å²) < 4.78 is 12.8. The first-order chi connectivity index (χ1) is 11.5. The van der Waals surface area contributed by atoms with Crippen molar-refractivity contribution in [3.05, 3.63) is 54.0 Å². The molecule has 2 aromatic rings. The molecule has 2 rings (SSSR count). The number of carbonyl (C=O) groups excluding carboxylic acids is 1. The van der Waals surface area contributed by atoms with Crippen molar-refractivity contribution in [3.63, 3.8) is 0 Å². The van der Waals surface area contributed by atoms with E-state index in [1.165, 1.54) is 12.1 Å². The summed E-state index contributed by atoms with van der Waals surface area (Å²) in [4.78, 5) is 18.4. The highest BCUT2D eigenvalue weighted by Gasteiger charge is 2.05. The Morgan fingerprint density at radius 2 is 1.92 bits per heavy atom. The van der Waals surface area contributed by atoms with Crippen LogP contribution in [0.1, 0.15) is 12.0 Å². The predicted octanol–water partition coefficient (Wildman–Crippen LogP) is 2.77. The van der Waals surface area contributed by atoms with E-state index < -0.39 is 0 Å². The van der Waals surface area contributed by atoms with E-state index in [-0.39, 0.29) is 18.1 Å². The molecule has 1 amide bonds. The maximum absolute atomic E-state index is 12.8. The number of aromatic nitrogens is 1. The molecule has 0 saturated carbocycles. The van der Waals surface area contributed by atoms with E-state index in [0.717, 1.165) is 30.9 Å². The summed E-state index contributed by atoms with van der Waals surface area (Å²) in [5.74, 6) is 0.317. The molecule has 0 aliphatic rings. The molecule has 1 aromatic carbocycles. The van der Waals surface area contributed by atoms with Gasteiger partial charge < -0.3 is 15.5 Å². The van der Waals surface area contributed by atoms with Gasteiger partial charge in [-0.3, -0.25) is 4.79 Å². The van der Waals surface area contributed by atoms with Gasteiger partial charge in [-0.1, -0.05) is 12.1 Å². The van der Waals surface area contributed by atoms with E-state index in [1.54, 1.807) is 18.3 Å². The topological polar surface area (TPSA) is 57.3 Å². The molecule has 0 bridgehead atoms. The third-order valence-corrected chi connectivity index (χ3v) is 3.41. The van der Waals surface area contributed by atoms with Gasteiger partial charge in [-0.05, 0) is 56.9 Å². The van der Waals surface area contributed by atoms with Crippen molar-refractivity contribution in [1.82, 2.24) is 9.88 Å². The Hall–Kier alpha value is -2.47. The average Bonchev–Trinajstić information content (AvgIpc) is 2.55. The number of anilines is 2. The van der Waals surface area contributed by atoms with Crippen LogP contribution in [0.25, 0.3) is 0 Å². The summed E-state index contributed by atoms with van der Waals surface area (Å²) >= 11 is 0. The lowest BCUT2D eigenvalue weighted by Gasteiger charge is -2.10. The molecule has 5 nitrogen and oxygen atoms in total. The molecule has 24 heavy (non-hydrogen) atoms. The lowest BCUT2D eigenvalue weighted by molar-refractivity contribution is -0.115. The SMILES string of the molecule is CN(C)CCCNc1ccc(NC(=O)Cc2ccc(F)cc2)cn1. The van der Waals surface area contributed by atoms with Gasteiger partial charge in [0.2, 0.25) is 5.91 Å². The van der Waals surface area contributed by atoms with Crippen LogP contribution in [0.2, 0.25) is 0 Å². The van der Waals surface area contributed by atoms with Crippen LogP contribution in [0.3, 0.4) is 0 Å². The highest BCUT2D eigenvalue weighted by atomic mass is 19.1. The molecule has 0 aliphatic heterocycles. The van der Waals surface area contributed by atoms with Gasteiger partial charge in [-0.15, -0.1) is 0 Å². The van der Waals surface area contributed by atoms with Crippen LogP contribution in [0.15, 0.2) is 42.6 Å². The Kier molecular flexibility index (Phi) is 6.69. The minimum absolute atomic E-state index is 0.157. The van der Waals surface area contributed by atoms with Gasteiger partial charge in [-0.25, -0.2) is 9.37 Å². The summed E-state index contributed by atoms with van der Waals surface area (Å²) in [5.41, 5.74) is 1.40. The first-order valence-corrected chi connectivity index (χ1v) is 7.92. The van der Waals surface area contributed by atoms with E-state index in [0.29, 0.717) is 5.69 Å². The summed E-state index contributed by atoms with van der Waals surface area (Å²) in [6.45, 7) is 1.87. The monoisotopic (exact) mass is 330 g/mol. The van der Waals surface area contributed by atoms with Gasteiger partial charge in [-0.2, -0.15) is 0 Å². The molecule has 1 aromatic heterocycles. The average molecular weight is 330 g/mol. The number of pyridine rings is 1. The van der Waals surface area contributed by atoms with Crippen molar-refractivity contribution in [2.75, 3.05) is 37.8 Å². The number of hydrogen-bond donors (Lipinski definition) is 2. The molecular weight excluding hydrogens is 307 g/mol. The zero-order valence-electron chi connectivity index (χ0n) is 14.1. The fourth-order valence-corrected chi connectivity index (χ4v) is 2.18. The lowest BCUT2D eigenvalue weighted by Crippen LogP contribution is -2.17. The second-order valence-electron chi connectivity index (χ2n) is 5.87. The molecule has 0 spiro atoms. The smallest absolute Gasteiger partial charge is 0.228 e. The third-order valence-electron chi connectivity index (χ3n) is 3.41. The highest BCUT2D eigenvalue weighted by Crippen LogP contribution is 2.11. The van der Waals surface area contributed by atoms with Crippen molar-refractivity contribution in [2.24, 2.45) is 0 Å². The number of rotatable bonds is 8. The molecular formula is C18H23FN4O. The first-order valence-electron chi connectivity index (χ1n) is 7.92. The van der Waals surface area contributed by atoms with Crippen LogP contribution >= 0.6 is 0 Å². The zero-order valence-corrected chi connectivity index (χ0v) is 14.1. The van der Waals surface area contributed by atoms with Crippen molar-refractivity contribution in [3.8, 4) is 0 Å². The minimum atomic E-state index is -0.308. The Labute approximate surface area is 141 Å². The van der Waals surface area contributed by atoms with E-state index in [1.807, 2.05) is 26.2 Å². The van der Waals surface area contributed by atoms with Gasteiger partial charge in [0.15, 0.2) is 0 Å². The Morgan fingerprint density at radius 3 is 2.54 bits per heavy atom. The van der Waals surface area contributed by atoms with Gasteiger partial charge in [0.05, 0.1) is 18.3 Å². The number of carbonyl (C=O) groups is 1. The Bertz CT molecular complexity index is 641. The van der Waals surface area contributed by atoms with Crippen LogP contribution in [0.4, 0.5) is 15.9 Å². The van der Waals surface area contributed by atoms with E-state index in [9.17, 15) is 9.18 Å². The number of hydrogen-bond acceptors (Lipinski definition) is 4. The molecule has 0 atom stereocenters. The van der Waals surface area contributed by atoms with E-state index in [2.05, 4.69) is 20.5 Å². The number of amides is 1. The fraction of sp³-hybridized carbons (Fsp3) is 0.333. The third kappa shape index (κ3) is 6.34. The number of benzene rings is 1. The van der Waals surface area contributed by atoms with Crippen molar-refractivity contribution < 1.29 is 9.18 Å². The second kappa shape index (κ2) is 8.98. The number of halogens is 1. The standard InChI is InChI=1S/C18H23FN4O/c1-23(2)11-3-10-20-17-9-8-16(13-21-17)22-18(24)12-14-4-6-15(19)7-5-14/h4-9,13H,3,10-12H2,1-2H3,(H,20,21)(H,22,24). The molecule has 6 heteroatoms. The molecule has 2 N–H and O–H groups in total. The van der Waals surface area contributed by atoms with Crippen LogP contribution in [-0.4, -0.2) is 43.0 Å². The van der Waals surface area contributed by atoms with Crippen LogP contribution < -0.4 is 10.6 Å². The van der Waals surface area contributed by atoms with Crippen molar-refractivity contribution in [1.29, 1.82) is 0 Å². The zero-order chi connectivity index (χ0) is 17.4. The summed E-state index contributed by atoms with van der Waals surface area (Å²) in [7, 11) is 4.09. The van der Waals surface area contributed by atoms with Gasteiger partial charge in [0.25, 0.3) is 0 Å².